The molecule has 0 N–H and O–H groups in total. The SMILES string of the molecule is CN(c1ccc(OCC(=O)N2CCN(Cc3ccccc3)CC2)cc1)S(=O)(=O)c1ccccc1. The maximum absolute atomic E-state index is 12.8. The minimum atomic E-state index is -3.64. The number of carbonyl (C=O) groups excluding carboxylic acids is 1. The van der Waals surface area contributed by atoms with Crippen LogP contribution in [0, 0.1) is 0 Å². The fourth-order valence-corrected chi connectivity index (χ4v) is 5.09. The minimum absolute atomic E-state index is 0.0455. The van der Waals surface area contributed by atoms with Crippen LogP contribution in [0.25, 0.3) is 0 Å². The largest absolute Gasteiger partial charge is 0.484 e. The third-order valence-electron chi connectivity index (χ3n) is 5.94. The molecule has 4 rings (SSSR count). The number of sulfonamides is 1. The monoisotopic (exact) mass is 479 g/mol. The van der Waals surface area contributed by atoms with E-state index < -0.39 is 10.0 Å². The Morgan fingerprint density at radius 2 is 1.44 bits per heavy atom. The van der Waals surface area contributed by atoms with E-state index in [0.717, 1.165) is 19.6 Å². The Morgan fingerprint density at radius 3 is 2.06 bits per heavy atom. The van der Waals surface area contributed by atoms with Crippen LogP contribution in [0.2, 0.25) is 0 Å². The number of amides is 1. The molecule has 3 aromatic rings. The standard InChI is InChI=1S/C26H29N3O4S/c1-27(34(31,32)25-10-6-3-7-11-25)23-12-14-24(15-13-23)33-21-26(30)29-18-16-28(17-19-29)20-22-8-4-2-5-9-22/h2-15H,16-21H2,1H3. The second kappa shape index (κ2) is 10.7. The Labute approximate surface area is 201 Å². The number of carbonyl (C=O) groups is 1. The minimum Gasteiger partial charge on any atom is -0.484 e. The molecule has 0 spiro atoms. The van der Waals surface area contributed by atoms with Crippen LogP contribution in [0.5, 0.6) is 5.75 Å². The van der Waals surface area contributed by atoms with Gasteiger partial charge in [-0.2, -0.15) is 0 Å². The highest BCUT2D eigenvalue weighted by atomic mass is 32.2. The number of hydrogen-bond donors (Lipinski definition) is 0. The Balaban J connectivity index is 1.26. The van der Waals surface area contributed by atoms with Gasteiger partial charge in [-0.25, -0.2) is 8.42 Å². The van der Waals surface area contributed by atoms with E-state index in [9.17, 15) is 13.2 Å². The Kier molecular flexibility index (Phi) is 7.49. The van der Waals surface area contributed by atoms with Crippen molar-refractivity contribution in [1.82, 2.24) is 9.80 Å². The van der Waals surface area contributed by atoms with Gasteiger partial charge < -0.3 is 9.64 Å². The second-order valence-electron chi connectivity index (χ2n) is 8.21. The van der Waals surface area contributed by atoms with Gasteiger partial charge in [-0.05, 0) is 42.0 Å². The lowest BCUT2D eigenvalue weighted by atomic mass is 10.2. The summed E-state index contributed by atoms with van der Waals surface area (Å²) >= 11 is 0. The van der Waals surface area contributed by atoms with Gasteiger partial charge in [0, 0.05) is 39.8 Å². The zero-order valence-electron chi connectivity index (χ0n) is 19.2. The van der Waals surface area contributed by atoms with E-state index in [-0.39, 0.29) is 17.4 Å². The van der Waals surface area contributed by atoms with Crippen molar-refractivity contribution in [1.29, 1.82) is 0 Å². The first-order valence-electron chi connectivity index (χ1n) is 11.2. The highest BCUT2D eigenvalue weighted by Crippen LogP contribution is 2.24. The maximum atomic E-state index is 12.8. The molecule has 8 heteroatoms. The van der Waals surface area contributed by atoms with Gasteiger partial charge in [-0.15, -0.1) is 0 Å². The summed E-state index contributed by atoms with van der Waals surface area (Å²) in [5.41, 5.74) is 1.79. The molecular weight excluding hydrogens is 450 g/mol. The first kappa shape index (κ1) is 23.8. The summed E-state index contributed by atoms with van der Waals surface area (Å²) in [7, 11) is -2.13. The highest BCUT2D eigenvalue weighted by molar-refractivity contribution is 7.92. The lowest BCUT2D eigenvalue weighted by molar-refractivity contribution is -0.135. The molecule has 1 fully saturated rings. The summed E-state index contributed by atoms with van der Waals surface area (Å²) in [5, 5.41) is 0. The Morgan fingerprint density at radius 1 is 0.853 bits per heavy atom. The van der Waals surface area contributed by atoms with Crippen molar-refractivity contribution in [2.24, 2.45) is 0 Å². The molecule has 1 amide bonds. The van der Waals surface area contributed by atoms with Crippen molar-refractivity contribution in [2.45, 2.75) is 11.4 Å². The number of hydrogen-bond acceptors (Lipinski definition) is 5. The first-order valence-corrected chi connectivity index (χ1v) is 12.7. The van der Waals surface area contributed by atoms with Crippen molar-refractivity contribution in [3.05, 3.63) is 90.5 Å². The molecule has 0 bridgehead atoms. The van der Waals surface area contributed by atoms with Gasteiger partial charge in [0.2, 0.25) is 0 Å². The van der Waals surface area contributed by atoms with E-state index in [4.69, 9.17) is 4.74 Å². The summed E-state index contributed by atoms with van der Waals surface area (Å²) in [6.07, 6.45) is 0. The maximum Gasteiger partial charge on any atom is 0.264 e. The molecule has 0 aromatic heterocycles. The van der Waals surface area contributed by atoms with E-state index in [1.165, 1.54) is 16.9 Å². The van der Waals surface area contributed by atoms with Crippen LogP contribution in [0.1, 0.15) is 5.56 Å². The van der Waals surface area contributed by atoms with Gasteiger partial charge in [0.1, 0.15) is 5.75 Å². The molecular formula is C26H29N3O4S. The smallest absolute Gasteiger partial charge is 0.264 e. The van der Waals surface area contributed by atoms with Gasteiger partial charge in [0.05, 0.1) is 10.6 Å². The molecule has 0 radical (unpaired) electrons. The van der Waals surface area contributed by atoms with Crippen molar-refractivity contribution in [3.63, 3.8) is 0 Å². The zero-order chi connectivity index (χ0) is 24.0. The van der Waals surface area contributed by atoms with Crippen LogP contribution in [0.15, 0.2) is 89.8 Å². The second-order valence-corrected chi connectivity index (χ2v) is 10.2. The fourth-order valence-electron chi connectivity index (χ4n) is 3.88. The normalized spacial score (nSPS) is 14.6. The quantitative estimate of drug-likeness (QED) is 0.496. The van der Waals surface area contributed by atoms with Crippen LogP contribution in [0.4, 0.5) is 5.69 Å². The average Bonchev–Trinajstić information content (AvgIpc) is 2.88. The molecule has 1 heterocycles. The third-order valence-corrected chi connectivity index (χ3v) is 7.74. The molecule has 34 heavy (non-hydrogen) atoms. The molecule has 1 aliphatic heterocycles. The van der Waals surface area contributed by atoms with Crippen LogP contribution in [-0.4, -0.2) is 64.0 Å². The molecule has 178 valence electrons. The van der Waals surface area contributed by atoms with Gasteiger partial charge in [0.25, 0.3) is 15.9 Å². The first-order chi connectivity index (χ1) is 16.4. The number of anilines is 1. The average molecular weight is 480 g/mol. The highest BCUT2D eigenvalue weighted by Gasteiger charge is 2.22. The van der Waals surface area contributed by atoms with Crippen molar-refractivity contribution < 1.29 is 17.9 Å². The van der Waals surface area contributed by atoms with Gasteiger partial charge in [0.15, 0.2) is 6.61 Å². The number of rotatable bonds is 8. The van der Waals surface area contributed by atoms with Crippen LogP contribution in [-0.2, 0) is 21.4 Å². The van der Waals surface area contributed by atoms with Gasteiger partial charge >= 0.3 is 0 Å². The number of ether oxygens (including phenoxy) is 1. The topological polar surface area (TPSA) is 70.2 Å². The van der Waals surface area contributed by atoms with Crippen molar-refractivity contribution in [3.8, 4) is 5.75 Å². The summed E-state index contributed by atoms with van der Waals surface area (Å²) < 4.78 is 32.5. The van der Waals surface area contributed by atoms with E-state index in [1.54, 1.807) is 54.6 Å². The van der Waals surface area contributed by atoms with Crippen LogP contribution >= 0.6 is 0 Å². The molecule has 1 aliphatic rings. The van der Waals surface area contributed by atoms with E-state index in [0.29, 0.717) is 24.5 Å². The molecule has 0 atom stereocenters. The summed E-state index contributed by atoms with van der Waals surface area (Å²) in [6, 6.07) is 25.3. The van der Waals surface area contributed by atoms with Crippen molar-refractivity contribution >= 4 is 21.6 Å². The molecule has 1 saturated heterocycles. The summed E-state index contributed by atoms with van der Waals surface area (Å²) in [5.74, 6) is 0.470. The van der Waals surface area contributed by atoms with Gasteiger partial charge in [-0.3, -0.25) is 14.0 Å². The van der Waals surface area contributed by atoms with Gasteiger partial charge in [-0.1, -0.05) is 48.5 Å². The lowest BCUT2D eigenvalue weighted by Crippen LogP contribution is -2.49. The van der Waals surface area contributed by atoms with E-state index in [2.05, 4.69) is 17.0 Å². The predicted molar refractivity (Wildman–Crippen MR) is 132 cm³/mol. The third kappa shape index (κ3) is 5.76. The number of benzene rings is 3. The Hall–Kier alpha value is -3.36. The predicted octanol–water partition coefficient (Wildman–Crippen LogP) is 3.23. The van der Waals surface area contributed by atoms with E-state index >= 15 is 0 Å². The summed E-state index contributed by atoms with van der Waals surface area (Å²) in [4.78, 5) is 17.0. The lowest BCUT2D eigenvalue weighted by Gasteiger charge is -2.34. The number of nitrogens with zero attached hydrogens (tertiary/aromatic N) is 3. The fraction of sp³-hybridized carbons (Fsp3) is 0.269. The van der Waals surface area contributed by atoms with Crippen LogP contribution < -0.4 is 9.04 Å². The Bertz CT molecular complexity index is 1180. The van der Waals surface area contributed by atoms with E-state index in [1.807, 2.05) is 23.1 Å². The van der Waals surface area contributed by atoms with Crippen molar-refractivity contribution in [2.75, 3.05) is 44.1 Å². The molecule has 3 aromatic carbocycles. The summed E-state index contributed by atoms with van der Waals surface area (Å²) in [6.45, 7) is 3.86. The molecule has 0 unspecified atom stereocenters. The number of piperazine rings is 1. The molecule has 7 nitrogen and oxygen atoms in total. The van der Waals surface area contributed by atoms with Crippen LogP contribution in [0.3, 0.4) is 0 Å². The zero-order valence-corrected chi connectivity index (χ0v) is 20.0. The molecule has 0 saturated carbocycles. The molecule has 0 aliphatic carbocycles.